The maximum absolute atomic E-state index is 13.0. The second kappa shape index (κ2) is 15.1. The predicted molar refractivity (Wildman–Crippen MR) is 314 cm³/mol. The molecule has 11 aromatic carbocycles. The highest BCUT2D eigenvalue weighted by Crippen LogP contribution is 2.53. The number of nitriles is 1. The van der Waals surface area contributed by atoms with E-state index in [0.717, 1.165) is 4.57 Å². The van der Waals surface area contributed by atoms with Crippen molar-refractivity contribution in [2.24, 2.45) is 0 Å². The lowest BCUT2D eigenvalue weighted by Crippen LogP contribution is -2.14. The number of benzene rings is 11. The minimum Gasteiger partial charge on any atom is -0.454 e. The molecule has 0 N–H and O–H groups in total. The van der Waals surface area contributed by atoms with Gasteiger partial charge in [-0.3, -0.25) is 0 Å². The van der Waals surface area contributed by atoms with Crippen LogP contribution in [0.5, 0.6) is 0 Å². The van der Waals surface area contributed by atoms with Crippen molar-refractivity contribution in [3.63, 3.8) is 0 Å². The lowest BCUT2D eigenvalue weighted by atomic mass is 10.0. The largest absolute Gasteiger partial charge is 0.454 e. The molecule has 77 heavy (non-hydrogen) atoms. The number of aromatic nitrogens is 4. The Kier molecular flexibility index (Phi) is 5.10. The Morgan fingerprint density at radius 2 is 0.883 bits per heavy atom. The second-order valence-electron chi connectivity index (χ2n) is 18.4. The fraction of sp³-hybridized carbons (Fsp3) is 0.0145. The summed E-state index contributed by atoms with van der Waals surface area (Å²) in [6.07, 6.45) is 0. The zero-order valence-corrected chi connectivity index (χ0v) is 39.2. The standard InChI is InChI=1S/C69H38N6O2/c1-39-31-36-58-51(37-39)48-33-35-50-46-23-9-16-30-60(46)77-69(50)65(48)75(58)67-63(72-53-24-10-3-17-40(53)41-18-4-11-25-54(41)72)52(38-70)62(61(71-2)66(67)73-55-26-12-5-19-42(55)43-20-6-13-27-56(43)73)74-57-28-14-7-21-44(57)47-32-34-49-45-22-8-15-29-59(45)76-68(49)64(47)74/h3-37H,1H3/i1D3,7D,8D,9D,14D,15D,16D,21D,22D,23D,28D,29D,30D,31D,32D,33D,34D,35D,36D,37D. The fourth-order valence-corrected chi connectivity index (χ4v) is 11.8. The number of para-hydroxylation sites is 7. The molecule has 8 heteroatoms. The van der Waals surface area contributed by atoms with E-state index in [1.807, 2.05) is 0 Å². The molecular formula is C69H38N6O2. The summed E-state index contributed by atoms with van der Waals surface area (Å²) in [4.78, 5) is 4.42. The summed E-state index contributed by atoms with van der Waals surface area (Å²) in [5.41, 5.74) is -6.24. The summed E-state index contributed by atoms with van der Waals surface area (Å²) < 4.78 is 226. The van der Waals surface area contributed by atoms with Gasteiger partial charge in [-0.15, -0.1) is 0 Å². The molecule has 6 heterocycles. The average molecular weight is 1010 g/mol. The lowest BCUT2D eigenvalue weighted by Gasteiger charge is -2.27. The molecule has 0 aliphatic rings. The highest BCUT2D eigenvalue weighted by molar-refractivity contribution is 6.25. The number of hydrogen-bond donors (Lipinski definition) is 0. The molecule has 17 aromatic rings. The number of nitrogens with zero attached hydrogens (tertiary/aromatic N) is 6. The smallest absolute Gasteiger partial charge is 0.237 e. The highest BCUT2D eigenvalue weighted by atomic mass is 16.3. The first kappa shape index (κ1) is 25.9. The van der Waals surface area contributed by atoms with Crippen molar-refractivity contribution in [3.8, 4) is 28.8 Å². The Morgan fingerprint density at radius 3 is 1.42 bits per heavy atom. The van der Waals surface area contributed by atoms with Crippen molar-refractivity contribution >= 4 is 137 Å². The van der Waals surface area contributed by atoms with Crippen LogP contribution in [-0.4, -0.2) is 18.3 Å². The van der Waals surface area contributed by atoms with Crippen LogP contribution < -0.4 is 0 Å². The van der Waals surface area contributed by atoms with Crippen LogP contribution in [0.4, 0.5) is 5.69 Å². The maximum atomic E-state index is 13.0. The number of hydrogen-bond acceptors (Lipinski definition) is 3. The van der Waals surface area contributed by atoms with E-state index in [1.54, 1.807) is 106 Å². The van der Waals surface area contributed by atoms with E-state index in [-0.39, 0.29) is 33.2 Å². The minimum atomic E-state index is -3.31. The monoisotopic (exact) mass is 1000 g/mol. The van der Waals surface area contributed by atoms with Gasteiger partial charge in [0.25, 0.3) is 0 Å². The van der Waals surface area contributed by atoms with Crippen molar-refractivity contribution in [1.29, 1.82) is 5.26 Å². The summed E-state index contributed by atoms with van der Waals surface area (Å²) in [5.74, 6) is 0. The third-order valence-electron chi connectivity index (χ3n) is 14.7. The van der Waals surface area contributed by atoms with Gasteiger partial charge in [-0.25, -0.2) is 4.85 Å². The molecule has 356 valence electrons. The summed E-state index contributed by atoms with van der Waals surface area (Å²) >= 11 is 0. The van der Waals surface area contributed by atoms with Crippen molar-refractivity contribution in [2.45, 2.75) is 6.85 Å². The van der Waals surface area contributed by atoms with E-state index in [1.165, 1.54) is 4.57 Å². The first-order chi connectivity index (χ1) is 47.2. The first-order valence-corrected chi connectivity index (χ1v) is 24.0. The molecule has 0 aliphatic carbocycles. The van der Waals surface area contributed by atoms with E-state index in [4.69, 9.17) is 19.8 Å². The van der Waals surface area contributed by atoms with Gasteiger partial charge in [0.15, 0.2) is 11.2 Å². The Labute approximate surface area is 468 Å². The van der Waals surface area contributed by atoms with Gasteiger partial charge >= 0.3 is 0 Å². The lowest BCUT2D eigenvalue weighted by molar-refractivity contribution is 0.670. The summed E-state index contributed by atoms with van der Waals surface area (Å²) in [7, 11) is 0. The van der Waals surface area contributed by atoms with Crippen LogP contribution in [0.2, 0.25) is 0 Å². The molecule has 0 saturated carbocycles. The molecule has 17 rings (SSSR count). The van der Waals surface area contributed by atoms with Gasteiger partial charge in [0.05, 0.1) is 105 Å². The Balaban J connectivity index is 1.28. The van der Waals surface area contributed by atoms with Crippen LogP contribution in [-0.2, 0) is 0 Å². The number of fused-ring (bicyclic) bond motifs is 20. The SMILES string of the molecule is [2H]c1c([2H])c([2H])c2c(oc3c2c([2H])c([2H])c2c4c([2H])c([2H])c([2H])c([2H])c4n(-c4c(C#N)c(-n5c6ccccc6c6ccccc65)c(-n5c6c([2H])c([2H])c(C([2H])([2H])[2H])c([2H])c6c6c([2H])c([2H])c7c(oc8c([2H])c([2H])c([2H])c([2H])c87)c65)c(-n5c6ccccc6c6ccccc65)c4[N+]#[C-])c32)c1[2H]. The summed E-state index contributed by atoms with van der Waals surface area (Å²) in [6.45, 7) is 6.67. The molecule has 6 aromatic heterocycles. The zero-order chi connectivity index (χ0) is 69.8. The van der Waals surface area contributed by atoms with E-state index in [2.05, 4.69) is 10.9 Å². The third kappa shape index (κ3) is 5.32. The molecule has 0 saturated heterocycles. The molecule has 8 nitrogen and oxygen atoms in total. The van der Waals surface area contributed by atoms with Crippen LogP contribution in [0, 0.1) is 24.8 Å². The first-order valence-electron chi connectivity index (χ1n) is 35.0. The van der Waals surface area contributed by atoms with Gasteiger partial charge in [-0.05, 0) is 73.4 Å². The molecule has 0 spiro atoms. The highest BCUT2D eigenvalue weighted by Gasteiger charge is 2.36. The molecule has 0 amide bonds. The molecule has 0 fully saturated rings. The fourth-order valence-electron chi connectivity index (χ4n) is 11.8. The Bertz CT molecular complexity index is 6610. The van der Waals surface area contributed by atoms with E-state index >= 15 is 0 Å². The molecule has 0 atom stereocenters. The Morgan fingerprint density at radius 1 is 0.429 bits per heavy atom. The van der Waals surface area contributed by atoms with E-state index < -0.39 is 215 Å². The quantitative estimate of drug-likeness (QED) is 0.165. The van der Waals surface area contributed by atoms with Crippen LogP contribution >= 0.6 is 0 Å². The van der Waals surface area contributed by atoms with E-state index in [9.17, 15) is 31.0 Å². The van der Waals surface area contributed by atoms with Gasteiger partial charge < -0.3 is 27.1 Å². The van der Waals surface area contributed by atoms with Gasteiger partial charge in [-0.2, -0.15) is 5.26 Å². The van der Waals surface area contributed by atoms with Crippen molar-refractivity contribution in [3.05, 3.63) is 234 Å². The van der Waals surface area contributed by atoms with Gasteiger partial charge in [0, 0.05) is 68.7 Å². The summed E-state index contributed by atoms with van der Waals surface area (Å²) in [5, 5.41) is 11.8. The van der Waals surface area contributed by atoms with Crippen molar-refractivity contribution < 1.29 is 39.0 Å². The second-order valence-corrected chi connectivity index (χ2v) is 18.4. The van der Waals surface area contributed by atoms with Crippen LogP contribution in [0.3, 0.4) is 0 Å². The Hall–Kier alpha value is -10.8. The van der Waals surface area contributed by atoms with Crippen LogP contribution in [0.25, 0.3) is 159 Å². The molecule has 0 aliphatic heterocycles. The average Bonchev–Trinajstić information content (AvgIpc) is 1.53. The molecular weight excluding hydrogens is 945 g/mol. The van der Waals surface area contributed by atoms with Crippen LogP contribution in [0.15, 0.2) is 221 Å². The van der Waals surface area contributed by atoms with E-state index in [0.29, 0.717) is 43.6 Å². The molecule has 0 radical (unpaired) electrons. The van der Waals surface area contributed by atoms with Crippen molar-refractivity contribution in [1.82, 2.24) is 18.3 Å². The maximum Gasteiger partial charge on any atom is 0.237 e. The molecule has 0 bridgehead atoms. The normalized spacial score (nSPS) is 16.4. The van der Waals surface area contributed by atoms with Gasteiger partial charge in [0.2, 0.25) is 5.69 Å². The molecule has 0 unspecified atom stereocenters. The zero-order valence-electron chi connectivity index (χ0n) is 61.2. The van der Waals surface area contributed by atoms with Gasteiger partial charge in [-0.1, -0.05) is 151 Å². The predicted octanol–water partition coefficient (Wildman–Crippen LogP) is 18.6. The topological polar surface area (TPSA) is 74.1 Å². The van der Waals surface area contributed by atoms with Gasteiger partial charge in [0.1, 0.15) is 17.2 Å². The number of rotatable bonds is 4. The number of furan rings is 2. The minimum absolute atomic E-state index is 0.306. The van der Waals surface area contributed by atoms with Crippen molar-refractivity contribution in [2.75, 3.05) is 0 Å². The summed E-state index contributed by atoms with van der Waals surface area (Å²) in [6, 6.07) is 15.4. The van der Waals surface area contributed by atoms with Crippen LogP contribution in [0.1, 0.15) is 41.3 Å². The third-order valence-corrected chi connectivity index (χ3v) is 14.7.